The Morgan fingerprint density at radius 2 is 1.92 bits per heavy atom. The number of aromatic nitrogens is 3. The first-order chi connectivity index (χ1) is 12.8. The monoisotopic (exact) mass is 353 g/mol. The first kappa shape index (κ1) is 16.7. The van der Waals surface area contributed by atoms with Crippen LogP contribution >= 0.6 is 0 Å². The summed E-state index contributed by atoms with van der Waals surface area (Å²) in [5.74, 6) is 2.12. The van der Waals surface area contributed by atoms with E-state index >= 15 is 0 Å². The van der Waals surface area contributed by atoms with Crippen molar-refractivity contribution in [3.05, 3.63) is 77.6 Å². The molecule has 3 aromatic rings. The number of hydrogen-bond donors (Lipinski definition) is 0. The second-order valence-corrected chi connectivity index (χ2v) is 6.33. The topological polar surface area (TPSA) is 49.2 Å². The van der Waals surface area contributed by atoms with E-state index in [1.165, 1.54) is 17.7 Å². The third kappa shape index (κ3) is 3.91. The maximum absolute atomic E-state index is 13.0. The van der Waals surface area contributed by atoms with Gasteiger partial charge < -0.3 is 9.47 Å². The second kappa shape index (κ2) is 7.66. The highest BCUT2D eigenvalue weighted by atomic mass is 19.1. The van der Waals surface area contributed by atoms with Gasteiger partial charge in [0.05, 0.1) is 13.2 Å². The van der Waals surface area contributed by atoms with Crippen LogP contribution in [0, 0.1) is 5.82 Å². The van der Waals surface area contributed by atoms with Crippen molar-refractivity contribution in [2.45, 2.75) is 25.5 Å². The number of halogens is 1. The number of rotatable bonds is 6. The largest absolute Gasteiger partial charge is 0.486 e. The van der Waals surface area contributed by atoms with Crippen LogP contribution in [0.1, 0.15) is 29.6 Å². The standard InChI is InChI=1S/C20H20FN3O2/c21-17-6-8-18(9-7-17)26-14-19-22-20(16-10-11-25-13-16)24(23-19)12-15-4-2-1-3-5-15/h1-9,16H,10-14H2/t16-/m1/s1. The second-order valence-electron chi connectivity index (χ2n) is 6.33. The van der Waals surface area contributed by atoms with Crippen molar-refractivity contribution < 1.29 is 13.9 Å². The van der Waals surface area contributed by atoms with Gasteiger partial charge in [-0.3, -0.25) is 0 Å². The van der Waals surface area contributed by atoms with Crippen LogP contribution in [0.4, 0.5) is 4.39 Å². The summed E-state index contributed by atoms with van der Waals surface area (Å²) in [5, 5.41) is 4.63. The van der Waals surface area contributed by atoms with Crippen molar-refractivity contribution in [2.24, 2.45) is 0 Å². The molecule has 0 aliphatic carbocycles. The molecular formula is C20H20FN3O2. The smallest absolute Gasteiger partial charge is 0.188 e. The molecule has 0 spiro atoms. The highest BCUT2D eigenvalue weighted by molar-refractivity contribution is 5.22. The van der Waals surface area contributed by atoms with Gasteiger partial charge >= 0.3 is 0 Å². The van der Waals surface area contributed by atoms with E-state index < -0.39 is 0 Å². The summed E-state index contributed by atoms with van der Waals surface area (Å²) in [6.45, 7) is 2.33. The molecule has 2 aromatic carbocycles. The van der Waals surface area contributed by atoms with Crippen LogP contribution in [0.15, 0.2) is 54.6 Å². The lowest BCUT2D eigenvalue weighted by Crippen LogP contribution is -2.11. The lowest BCUT2D eigenvalue weighted by Gasteiger charge is -2.09. The lowest BCUT2D eigenvalue weighted by atomic mass is 10.1. The van der Waals surface area contributed by atoms with E-state index in [1.807, 2.05) is 22.9 Å². The minimum atomic E-state index is -0.286. The van der Waals surface area contributed by atoms with Gasteiger partial charge in [0.2, 0.25) is 0 Å². The van der Waals surface area contributed by atoms with Crippen molar-refractivity contribution in [1.29, 1.82) is 0 Å². The number of hydrogen-bond acceptors (Lipinski definition) is 4. The molecule has 1 aromatic heterocycles. The minimum absolute atomic E-state index is 0.244. The Morgan fingerprint density at radius 1 is 1.12 bits per heavy atom. The summed E-state index contributed by atoms with van der Waals surface area (Å²) in [6, 6.07) is 16.1. The molecular weight excluding hydrogens is 333 g/mol. The van der Waals surface area contributed by atoms with Gasteiger partial charge in [-0.25, -0.2) is 14.1 Å². The zero-order valence-corrected chi connectivity index (χ0v) is 14.3. The average Bonchev–Trinajstić information content (AvgIpc) is 3.32. The molecule has 2 heterocycles. The van der Waals surface area contributed by atoms with Crippen LogP contribution in [-0.2, 0) is 17.9 Å². The molecule has 0 bridgehead atoms. The van der Waals surface area contributed by atoms with Crippen molar-refractivity contribution in [3.8, 4) is 5.75 Å². The van der Waals surface area contributed by atoms with Crippen LogP contribution in [0.5, 0.6) is 5.75 Å². The van der Waals surface area contributed by atoms with Crippen LogP contribution in [0.2, 0.25) is 0 Å². The summed E-state index contributed by atoms with van der Waals surface area (Å²) >= 11 is 0. The van der Waals surface area contributed by atoms with Crippen molar-refractivity contribution in [2.75, 3.05) is 13.2 Å². The van der Waals surface area contributed by atoms with E-state index in [0.29, 0.717) is 24.7 Å². The third-order valence-corrected chi connectivity index (χ3v) is 4.40. The summed E-state index contributed by atoms with van der Waals surface area (Å²) in [6.07, 6.45) is 0.950. The van der Waals surface area contributed by atoms with Crippen LogP contribution in [-0.4, -0.2) is 28.0 Å². The molecule has 1 aliphatic heterocycles. The minimum Gasteiger partial charge on any atom is -0.486 e. The van der Waals surface area contributed by atoms with Crippen LogP contribution in [0.3, 0.4) is 0 Å². The normalized spacial score (nSPS) is 16.7. The van der Waals surface area contributed by atoms with E-state index in [2.05, 4.69) is 17.2 Å². The van der Waals surface area contributed by atoms with E-state index in [0.717, 1.165) is 18.9 Å². The molecule has 26 heavy (non-hydrogen) atoms. The molecule has 6 heteroatoms. The van der Waals surface area contributed by atoms with Crippen molar-refractivity contribution in [1.82, 2.24) is 14.8 Å². The fraction of sp³-hybridized carbons (Fsp3) is 0.300. The first-order valence-electron chi connectivity index (χ1n) is 8.71. The molecule has 1 aliphatic rings. The maximum Gasteiger partial charge on any atom is 0.188 e. The lowest BCUT2D eigenvalue weighted by molar-refractivity contribution is 0.192. The molecule has 134 valence electrons. The van der Waals surface area contributed by atoms with E-state index in [1.54, 1.807) is 12.1 Å². The first-order valence-corrected chi connectivity index (χ1v) is 8.71. The average molecular weight is 353 g/mol. The molecule has 0 N–H and O–H groups in total. The number of benzene rings is 2. The Labute approximate surface area is 151 Å². The summed E-state index contributed by atoms with van der Waals surface area (Å²) < 4.78 is 26.1. The van der Waals surface area contributed by atoms with Crippen LogP contribution in [0.25, 0.3) is 0 Å². The molecule has 0 radical (unpaired) electrons. The maximum atomic E-state index is 13.0. The summed E-state index contributed by atoms with van der Waals surface area (Å²) in [4.78, 5) is 4.69. The van der Waals surface area contributed by atoms with E-state index in [9.17, 15) is 4.39 Å². The third-order valence-electron chi connectivity index (χ3n) is 4.40. The summed E-state index contributed by atoms with van der Waals surface area (Å²) in [7, 11) is 0. The van der Waals surface area contributed by atoms with Gasteiger partial charge in [-0.05, 0) is 36.2 Å². The van der Waals surface area contributed by atoms with Crippen molar-refractivity contribution >= 4 is 0 Å². The molecule has 4 rings (SSSR count). The van der Waals surface area contributed by atoms with Gasteiger partial charge in [0, 0.05) is 12.5 Å². The van der Waals surface area contributed by atoms with Gasteiger partial charge in [0.25, 0.3) is 0 Å². The Balaban J connectivity index is 1.53. The molecule has 5 nitrogen and oxygen atoms in total. The van der Waals surface area contributed by atoms with Gasteiger partial charge in [-0.1, -0.05) is 30.3 Å². The molecule has 1 fully saturated rings. The van der Waals surface area contributed by atoms with Crippen LogP contribution < -0.4 is 4.74 Å². The Kier molecular flexibility index (Phi) is 4.93. The fourth-order valence-electron chi connectivity index (χ4n) is 3.06. The summed E-state index contributed by atoms with van der Waals surface area (Å²) in [5.41, 5.74) is 1.17. The highest BCUT2D eigenvalue weighted by Gasteiger charge is 2.24. The fourth-order valence-corrected chi connectivity index (χ4v) is 3.06. The molecule has 1 saturated heterocycles. The molecule has 0 unspecified atom stereocenters. The van der Waals surface area contributed by atoms with E-state index in [-0.39, 0.29) is 18.3 Å². The van der Waals surface area contributed by atoms with Gasteiger partial charge in [-0.2, -0.15) is 5.10 Å². The Morgan fingerprint density at radius 3 is 2.65 bits per heavy atom. The number of ether oxygens (including phenoxy) is 2. The van der Waals surface area contributed by atoms with E-state index in [4.69, 9.17) is 14.5 Å². The van der Waals surface area contributed by atoms with Gasteiger partial charge in [0.1, 0.15) is 24.0 Å². The molecule has 0 saturated carbocycles. The SMILES string of the molecule is Fc1ccc(OCc2nc([C@@H]3CCOC3)n(Cc3ccccc3)n2)cc1. The number of nitrogens with zero attached hydrogens (tertiary/aromatic N) is 3. The predicted octanol–water partition coefficient (Wildman–Crippen LogP) is 3.55. The zero-order chi connectivity index (χ0) is 17.8. The Bertz CT molecular complexity index is 843. The zero-order valence-electron chi connectivity index (χ0n) is 14.3. The quantitative estimate of drug-likeness (QED) is 0.680. The van der Waals surface area contributed by atoms with Gasteiger partial charge in [-0.15, -0.1) is 0 Å². The molecule has 0 amide bonds. The highest BCUT2D eigenvalue weighted by Crippen LogP contribution is 2.24. The predicted molar refractivity (Wildman–Crippen MR) is 94.5 cm³/mol. The van der Waals surface area contributed by atoms with Crippen molar-refractivity contribution in [3.63, 3.8) is 0 Å². The molecule has 1 atom stereocenters. The Hall–Kier alpha value is -2.73. The van der Waals surface area contributed by atoms with Gasteiger partial charge in [0.15, 0.2) is 5.82 Å².